The molecule has 2 N–H and O–H groups in total. The van der Waals surface area contributed by atoms with Gasteiger partial charge in [0.05, 0.1) is 6.04 Å². The summed E-state index contributed by atoms with van der Waals surface area (Å²) in [5.74, 6) is 1.04. The van der Waals surface area contributed by atoms with Crippen LogP contribution >= 0.6 is 0 Å². The highest BCUT2D eigenvalue weighted by Crippen LogP contribution is 2.16. The van der Waals surface area contributed by atoms with E-state index in [0.29, 0.717) is 6.04 Å². The van der Waals surface area contributed by atoms with Gasteiger partial charge in [-0.15, -0.1) is 6.58 Å². The Kier molecular flexibility index (Phi) is 5.78. The number of aromatic nitrogens is 2. The number of H-pyrrole nitrogens is 1. The Hall–Kier alpha value is -1.09. The topological polar surface area (TPSA) is 40.7 Å². The van der Waals surface area contributed by atoms with Crippen molar-refractivity contribution in [2.24, 2.45) is 0 Å². The lowest BCUT2D eigenvalue weighted by Crippen LogP contribution is -2.17. The van der Waals surface area contributed by atoms with Crippen molar-refractivity contribution in [2.45, 2.75) is 38.1 Å². The van der Waals surface area contributed by atoms with Crippen molar-refractivity contribution >= 4 is 0 Å². The molecule has 0 radical (unpaired) electrons. The van der Waals surface area contributed by atoms with Crippen molar-refractivity contribution in [3.05, 3.63) is 30.9 Å². The average Bonchev–Trinajstić information content (AvgIpc) is 2.77. The van der Waals surface area contributed by atoms with E-state index < -0.39 is 0 Å². The van der Waals surface area contributed by atoms with Gasteiger partial charge in [0.25, 0.3) is 0 Å². The van der Waals surface area contributed by atoms with Crippen molar-refractivity contribution in [2.75, 3.05) is 7.05 Å². The molecule has 0 saturated heterocycles. The molecule has 0 aliphatic heterocycles. The van der Waals surface area contributed by atoms with Gasteiger partial charge in [-0.1, -0.05) is 18.9 Å². The summed E-state index contributed by atoms with van der Waals surface area (Å²) >= 11 is 0. The summed E-state index contributed by atoms with van der Waals surface area (Å²) in [5, 5.41) is 3.28. The van der Waals surface area contributed by atoms with E-state index >= 15 is 0 Å². The number of nitrogens with one attached hydrogen (secondary N) is 2. The van der Waals surface area contributed by atoms with E-state index in [0.717, 1.165) is 18.7 Å². The normalized spacial score (nSPS) is 12.6. The third-order valence-electron chi connectivity index (χ3n) is 2.60. The maximum atomic E-state index is 4.27. The Morgan fingerprint density at radius 3 is 3.00 bits per heavy atom. The van der Waals surface area contributed by atoms with Gasteiger partial charge in [0.15, 0.2) is 0 Å². The maximum absolute atomic E-state index is 4.27. The van der Waals surface area contributed by atoms with Gasteiger partial charge in [-0.3, -0.25) is 0 Å². The lowest BCUT2D eigenvalue weighted by molar-refractivity contribution is 0.490. The van der Waals surface area contributed by atoms with Crippen LogP contribution in [0.5, 0.6) is 0 Å². The number of allylic oxidation sites excluding steroid dienone is 1. The van der Waals surface area contributed by atoms with Gasteiger partial charge in [0.1, 0.15) is 5.82 Å². The number of unbranched alkanes of at least 4 members (excludes halogenated alkanes) is 3. The fraction of sp³-hybridized carbons (Fsp3) is 0.583. The average molecular weight is 207 g/mol. The van der Waals surface area contributed by atoms with Crippen molar-refractivity contribution in [3.8, 4) is 0 Å². The molecule has 1 rings (SSSR count). The quantitative estimate of drug-likeness (QED) is 0.508. The van der Waals surface area contributed by atoms with Crippen LogP contribution in [0, 0.1) is 0 Å². The van der Waals surface area contributed by atoms with Gasteiger partial charge in [-0.05, 0) is 26.3 Å². The summed E-state index contributed by atoms with van der Waals surface area (Å²) < 4.78 is 0. The minimum atomic E-state index is 0.365. The number of rotatable bonds is 8. The molecule has 84 valence electrons. The number of nitrogens with zero attached hydrogens (tertiary/aromatic N) is 1. The molecule has 0 spiro atoms. The minimum Gasteiger partial charge on any atom is -0.347 e. The highest BCUT2D eigenvalue weighted by atomic mass is 15.0. The molecule has 0 aromatic carbocycles. The van der Waals surface area contributed by atoms with Crippen molar-refractivity contribution < 1.29 is 0 Å². The molecular formula is C12H21N3. The molecule has 1 aromatic heterocycles. The highest BCUT2D eigenvalue weighted by Gasteiger charge is 2.09. The molecule has 1 aromatic rings. The Labute approximate surface area is 92.0 Å². The number of aromatic amines is 1. The first-order valence-electron chi connectivity index (χ1n) is 5.66. The van der Waals surface area contributed by atoms with E-state index in [4.69, 9.17) is 0 Å². The zero-order valence-corrected chi connectivity index (χ0v) is 9.50. The monoisotopic (exact) mass is 207 g/mol. The van der Waals surface area contributed by atoms with Crippen LogP contribution in [0.2, 0.25) is 0 Å². The molecule has 0 aliphatic carbocycles. The third-order valence-corrected chi connectivity index (χ3v) is 2.60. The van der Waals surface area contributed by atoms with Gasteiger partial charge in [-0.25, -0.2) is 4.98 Å². The summed E-state index contributed by atoms with van der Waals surface area (Å²) in [5.41, 5.74) is 0. The fourth-order valence-electron chi connectivity index (χ4n) is 1.70. The molecule has 1 unspecified atom stereocenters. The third kappa shape index (κ3) is 4.30. The lowest BCUT2D eigenvalue weighted by Gasteiger charge is -2.12. The first-order valence-corrected chi connectivity index (χ1v) is 5.66. The summed E-state index contributed by atoms with van der Waals surface area (Å²) in [6, 6.07) is 0.365. The maximum Gasteiger partial charge on any atom is 0.123 e. The first kappa shape index (κ1) is 12.0. The Bertz CT molecular complexity index is 254. The molecule has 3 heteroatoms. The zero-order chi connectivity index (χ0) is 10.9. The highest BCUT2D eigenvalue weighted by molar-refractivity contribution is 4.94. The largest absolute Gasteiger partial charge is 0.347 e. The summed E-state index contributed by atoms with van der Waals surface area (Å²) in [6.07, 6.45) is 11.7. The molecule has 1 heterocycles. The van der Waals surface area contributed by atoms with Crippen LogP contribution in [0.25, 0.3) is 0 Å². The molecule has 15 heavy (non-hydrogen) atoms. The molecule has 0 fully saturated rings. The van der Waals surface area contributed by atoms with Gasteiger partial charge < -0.3 is 10.3 Å². The molecule has 3 nitrogen and oxygen atoms in total. The van der Waals surface area contributed by atoms with Crippen LogP contribution in [0.3, 0.4) is 0 Å². The smallest absolute Gasteiger partial charge is 0.123 e. The standard InChI is InChI=1S/C12H21N3/c1-3-4-5-6-7-8-11(13-2)12-14-9-10-15-12/h3,9-11,13H,1,4-8H2,2H3,(H,14,15). The van der Waals surface area contributed by atoms with E-state index in [9.17, 15) is 0 Å². The van der Waals surface area contributed by atoms with Crippen LogP contribution in [0.15, 0.2) is 25.0 Å². The van der Waals surface area contributed by atoms with Crippen molar-refractivity contribution in [1.82, 2.24) is 15.3 Å². The van der Waals surface area contributed by atoms with Crippen LogP contribution in [0.1, 0.15) is 44.0 Å². The number of hydrogen-bond acceptors (Lipinski definition) is 2. The number of hydrogen-bond donors (Lipinski definition) is 2. The van der Waals surface area contributed by atoms with Crippen LogP contribution in [-0.4, -0.2) is 17.0 Å². The first-order chi connectivity index (χ1) is 7.38. The van der Waals surface area contributed by atoms with E-state index in [1.54, 1.807) is 6.20 Å². The van der Waals surface area contributed by atoms with Gasteiger partial charge in [0.2, 0.25) is 0 Å². The van der Waals surface area contributed by atoms with E-state index in [-0.39, 0.29) is 0 Å². The Balaban J connectivity index is 2.20. The molecule has 0 amide bonds. The summed E-state index contributed by atoms with van der Waals surface area (Å²) in [6.45, 7) is 3.72. The second-order valence-corrected chi connectivity index (χ2v) is 3.74. The zero-order valence-electron chi connectivity index (χ0n) is 9.50. The Morgan fingerprint density at radius 1 is 1.53 bits per heavy atom. The molecule has 0 saturated carbocycles. The minimum absolute atomic E-state index is 0.365. The summed E-state index contributed by atoms with van der Waals surface area (Å²) in [7, 11) is 1.98. The molecular weight excluding hydrogens is 186 g/mol. The predicted octanol–water partition coefficient (Wildman–Crippen LogP) is 2.81. The van der Waals surface area contributed by atoms with Gasteiger partial charge >= 0.3 is 0 Å². The van der Waals surface area contributed by atoms with Crippen LogP contribution in [0.4, 0.5) is 0 Å². The van der Waals surface area contributed by atoms with E-state index in [1.807, 2.05) is 19.3 Å². The predicted molar refractivity (Wildman–Crippen MR) is 63.7 cm³/mol. The van der Waals surface area contributed by atoms with Crippen molar-refractivity contribution in [1.29, 1.82) is 0 Å². The van der Waals surface area contributed by atoms with Gasteiger partial charge in [0, 0.05) is 12.4 Å². The van der Waals surface area contributed by atoms with E-state index in [2.05, 4.69) is 21.9 Å². The van der Waals surface area contributed by atoms with Crippen molar-refractivity contribution in [3.63, 3.8) is 0 Å². The van der Waals surface area contributed by atoms with Gasteiger partial charge in [-0.2, -0.15) is 0 Å². The second kappa shape index (κ2) is 7.23. The SMILES string of the molecule is C=CCCCCCC(NC)c1ncc[nH]1. The number of imidazole rings is 1. The molecule has 0 aliphatic rings. The lowest BCUT2D eigenvalue weighted by atomic mass is 10.1. The fourth-order valence-corrected chi connectivity index (χ4v) is 1.70. The Morgan fingerprint density at radius 2 is 2.40 bits per heavy atom. The summed E-state index contributed by atoms with van der Waals surface area (Å²) in [4.78, 5) is 7.42. The molecule has 0 bridgehead atoms. The van der Waals surface area contributed by atoms with Crippen LogP contribution < -0.4 is 5.32 Å². The molecule has 1 atom stereocenters. The second-order valence-electron chi connectivity index (χ2n) is 3.74. The van der Waals surface area contributed by atoms with Crippen LogP contribution in [-0.2, 0) is 0 Å². The van der Waals surface area contributed by atoms with E-state index in [1.165, 1.54) is 19.3 Å².